The summed E-state index contributed by atoms with van der Waals surface area (Å²) in [6.45, 7) is 1.86. The van der Waals surface area contributed by atoms with Gasteiger partial charge in [0.1, 0.15) is 0 Å². The van der Waals surface area contributed by atoms with Crippen molar-refractivity contribution in [2.24, 2.45) is 5.73 Å². The molecule has 94 valence electrons. The molecule has 6 heteroatoms. The fraction of sp³-hybridized carbons (Fsp3) is 0.364. The zero-order valence-corrected chi connectivity index (χ0v) is 10.2. The van der Waals surface area contributed by atoms with Crippen LogP contribution in [0.2, 0.25) is 5.02 Å². The summed E-state index contributed by atoms with van der Waals surface area (Å²) in [6.07, 6.45) is 0. The van der Waals surface area contributed by atoms with Crippen molar-refractivity contribution in [3.8, 4) is 0 Å². The number of carbonyl (C=O) groups excluding carboxylic acids is 1. The molecule has 4 N–H and O–H groups in total. The van der Waals surface area contributed by atoms with Gasteiger partial charge >= 0.3 is 6.03 Å². The monoisotopic (exact) mass is 257 g/mol. The first-order valence-electron chi connectivity index (χ1n) is 5.30. The van der Waals surface area contributed by atoms with Crippen LogP contribution in [0.4, 0.5) is 10.5 Å². The van der Waals surface area contributed by atoms with Crippen molar-refractivity contribution < 1.29 is 9.53 Å². The molecule has 0 aliphatic rings. The third-order valence-corrected chi connectivity index (χ3v) is 2.11. The number of amides is 2. The number of nitrogens with two attached hydrogens (primary N) is 1. The summed E-state index contributed by atoms with van der Waals surface area (Å²) in [7, 11) is 0. The molecule has 0 aromatic heterocycles. The molecule has 1 rings (SSSR count). The van der Waals surface area contributed by atoms with E-state index in [2.05, 4.69) is 10.6 Å². The predicted octanol–water partition coefficient (Wildman–Crippen LogP) is 1.44. The van der Waals surface area contributed by atoms with E-state index in [-0.39, 0.29) is 6.03 Å². The van der Waals surface area contributed by atoms with Gasteiger partial charge in [0.05, 0.1) is 13.2 Å². The lowest BCUT2D eigenvalue weighted by Crippen LogP contribution is -2.31. The Morgan fingerprint density at radius 3 is 2.94 bits per heavy atom. The molecule has 0 saturated heterocycles. The molecular formula is C11H16ClN3O2. The summed E-state index contributed by atoms with van der Waals surface area (Å²) in [5, 5.41) is 5.89. The zero-order valence-electron chi connectivity index (χ0n) is 9.41. The van der Waals surface area contributed by atoms with Gasteiger partial charge in [0.2, 0.25) is 0 Å². The van der Waals surface area contributed by atoms with E-state index in [9.17, 15) is 4.79 Å². The maximum atomic E-state index is 11.4. The van der Waals surface area contributed by atoms with Crippen LogP contribution >= 0.6 is 11.6 Å². The van der Waals surface area contributed by atoms with Crippen LogP contribution in [0.5, 0.6) is 0 Å². The lowest BCUT2D eigenvalue weighted by atomic mass is 10.3. The van der Waals surface area contributed by atoms with Gasteiger partial charge in [-0.3, -0.25) is 0 Å². The van der Waals surface area contributed by atoms with E-state index in [1.165, 1.54) is 0 Å². The Kier molecular flexibility index (Phi) is 6.39. The average molecular weight is 258 g/mol. The van der Waals surface area contributed by atoms with Crippen molar-refractivity contribution in [2.75, 3.05) is 31.6 Å². The molecule has 0 saturated carbocycles. The van der Waals surface area contributed by atoms with Gasteiger partial charge < -0.3 is 21.1 Å². The number of carbonyl (C=O) groups is 1. The Labute approximate surface area is 105 Å². The first-order chi connectivity index (χ1) is 8.22. The molecule has 17 heavy (non-hydrogen) atoms. The molecule has 0 fully saturated rings. The Hall–Kier alpha value is -1.30. The van der Waals surface area contributed by atoms with Crippen molar-refractivity contribution in [3.63, 3.8) is 0 Å². The Morgan fingerprint density at radius 2 is 2.24 bits per heavy atom. The van der Waals surface area contributed by atoms with Gasteiger partial charge in [-0.05, 0) is 18.2 Å². The van der Waals surface area contributed by atoms with Gasteiger partial charge in [0.15, 0.2) is 0 Å². The third kappa shape index (κ3) is 6.11. The SMILES string of the molecule is NCCOCCNC(=O)Nc1cccc(Cl)c1. The van der Waals surface area contributed by atoms with E-state index >= 15 is 0 Å². The standard InChI is InChI=1S/C11H16ClN3O2/c12-9-2-1-3-10(8-9)15-11(16)14-5-7-17-6-4-13/h1-3,8H,4-7,13H2,(H2,14,15,16). The van der Waals surface area contributed by atoms with Crippen LogP contribution in [0.1, 0.15) is 0 Å². The molecular weight excluding hydrogens is 242 g/mol. The fourth-order valence-electron chi connectivity index (χ4n) is 1.16. The number of hydrogen-bond donors (Lipinski definition) is 3. The highest BCUT2D eigenvalue weighted by atomic mass is 35.5. The lowest BCUT2D eigenvalue weighted by Gasteiger charge is -2.08. The van der Waals surface area contributed by atoms with E-state index in [1.807, 2.05) is 0 Å². The van der Waals surface area contributed by atoms with E-state index < -0.39 is 0 Å². The van der Waals surface area contributed by atoms with Gasteiger partial charge in [-0.15, -0.1) is 0 Å². The van der Waals surface area contributed by atoms with E-state index in [4.69, 9.17) is 22.1 Å². The van der Waals surface area contributed by atoms with Crippen LogP contribution in [0.3, 0.4) is 0 Å². The summed E-state index contributed by atoms with van der Waals surface area (Å²) < 4.78 is 5.11. The lowest BCUT2D eigenvalue weighted by molar-refractivity contribution is 0.144. The molecule has 0 aliphatic carbocycles. The van der Waals surface area contributed by atoms with Crippen LogP contribution in [0.25, 0.3) is 0 Å². The number of nitrogens with one attached hydrogen (secondary N) is 2. The number of anilines is 1. The second-order valence-corrected chi connectivity index (χ2v) is 3.73. The molecule has 0 aliphatic heterocycles. The maximum Gasteiger partial charge on any atom is 0.319 e. The number of benzene rings is 1. The number of hydrogen-bond acceptors (Lipinski definition) is 3. The average Bonchev–Trinajstić information content (AvgIpc) is 2.29. The zero-order chi connectivity index (χ0) is 12.5. The highest BCUT2D eigenvalue weighted by Crippen LogP contribution is 2.14. The van der Waals surface area contributed by atoms with Gasteiger partial charge in [0, 0.05) is 23.8 Å². The van der Waals surface area contributed by atoms with Crippen LogP contribution in [0.15, 0.2) is 24.3 Å². The Bertz CT molecular complexity index is 360. The van der Waals surface area contributed by atoms with Crippen molar-refractivity contribution in [3.05, 3.63) is 29.3 Å². The van der Waals surface area contributed by atoms with Crippen molar-refractivity contribution in [1.82, 2.24) is 5.32 Å². The largest absolute Gasteiger partial charge is 0.378 e. The number of halogens is 1. The Balaban J connectivity index is 2.21. The first-order valence-corrected chi connectivity index (χ1v) is 5.68. The fourth-order valence-corrected chi connectivity index (χ4v) is 1.35. The summed E-state index contributed by atoms with van der Waals surface area (Å²) in [6, 6.07) is 6.65. The van der Waals surface area contributed by atoms with Crippen LogP contribution in [0, 0.1) is 0 Å². The molecule has 1 aromatic rings. The smallest absolute Gasteiger partial charge is 0.319 e. The van der Waals surface area contributed by atoms with Crippen LogP contribution in [-0.2, 0) is 4.74 Å². The molecule has 2 amide bonds. The molecule has 0 radical (unpaired) electrons. The number of ether oxygens (including phenoxy) is 1. The molecule has 1 aromatic carbocycles. The van der Waals surface area contributed by atoms with E-state index in [1.54, 1.807) is 24.3 Å². The normalized spacial score (nSPS) is 10.0. The summed E-state index contributed by atoms with van der Waals surface area (Å²) in [5.74, 6) is 0. The molecule has 0 heterocycles. The quantitative estimate of drug-likeness (QED) is 0.675. The van der Waals surface area contributed by atoms with Crippen molar-refractivity contribution >= 4 is 23.3 Å². The third-order valence-electron chi connectivity index (χ3n) is 1.88. The van der Waals surface area contributed by atoms with Gasteiger partial charge in [-0.2, -0.15) is 0 Å². The van der Waals surface area contributed by atoms with Crippen LogP contribution in [-0.4, -0.2) is 32.3 Å². The summed E-state index contributed by atoms with van der Waals surface area (Å²) >= 11 is 5.79. The number of urea groups is 1. The first kappa shape index (κ1) is 13.8. The minimum atomic E-state index is -0.288. The minimum Gasteiger partial charge on any atom is -0.378 e. The molecule has 5 nitrogen and oxygen atoms in total. The summed E-state index contributed by atoms with van der Waals surface area (Å²) in [4.78, 5) is 11.4. The molecule has 0 spiro atoms. The topological polar surface area (TPSA) is 76.4 Å². The van der Waals surface area contributed by atoms with Crippen molar-refractivity contribution in [1.29, 1.82) is 0 Å². The van der Waals surface area contributed by atoms with E-state index in [0.29, 0.717) is 37.0 Å². The minimum absolute atomic E-state index is 0.288. The van der Waals surface area contributed by atoms with Gasteiger partial charge in [0.25, 0.3) is 0 Å². The van der Waals surface area contributed by atoms with E-state index in [0.717, 1.165) is 0 Å². The summed E-state index contributed by atoms with van der Waals surface area (Å²) in [5.41, 5.74) is 5.90. The van der Waals surface area contributed by atoms with Gasteiger partial charge in [-0.1, -0.05) is 17.7 Å². The maximum absolute atomic E-state index is 11.4. The van der Waals surface area contributed by atoms with Crippen LogP contribution < -0.4 is 16.4 Å². The van der Waals surface area contributed by atoms with Gasteiger partial charge in [-0.25, -0.2) is 4.79 Å². The molecule has 0 bridgehead atoms. The number of rotatable bonds is 6. The second-order valence-electron chi connectivity index (χ2n) is 3.29. The second kappa shape index (κ2) is 7.89. The molecule has 0 atom stereocenters. The Morgan fingerprint density at radius 1 is 1.41 bits per heavy atom. The highest BCUT2D eigenvalue weighted by Gasteiger charge is 2.00. The van der Waals surface area contributed by atoms with Crippen molar-refractivity contribution in [2.45, 2.75) is 0 Å². The molecule has 0 unspecified atom stereocenters. The highest BCUT2D eigenvalue weighted by molar-refractivity contribution is 6.30. The predicted molar refractivity (Wildman–Crippen MR) is 68.3 cm³/mol.